The highest BCUT2D eigenvalue weighted by molar-refractivity contribution is 14.1. The maximum absolute atomic E-state index is 12.6. The van der Waals surface area contributed by atoms with E-state index < -0.39 is 114 Å². The van der Waals surface area contributed by atoms with Gasteiger partial charge in [-0.1, -0.05) is 77.0 Å². The number of carboxylic acid groups (broad SMARTS) is 5. The lowest BCUT2D eigenvalue weighted by molar-refractivity contribution is -0.145. The molecular weight excluding hydrogens is 1260 g/mol. The van der Waals surface area contributed by atoms with Crippen LogP contribution < -0.4 is 37.2 Å². The second-order valence-corrected chi connectivity index (χ2v) is 22.3. The molecule has 500 valence electrons. The number of carboxylic acids is 5. The first-order valence-electron chi connectivity index (χ1n) is 29.9. The van der Waals surface area contributed by atoms with Crippen LogP contribution in [0, 0.1) is 0 Å². The lowest BCUT2D eigenvalue weighted by atomic mass is 10.0. The highest BCUT2D eigenvalue weighted by Gasteiger charge is 2.30. The van der Waals surface area contributed by atoms with E-state index in [4.69, 9.17) is 24.1 Å². The summed E-state index contributed by atoms with van der Waals surface area (Å²) in [6.45, 7) is 1.25. The Morgan fingerprint density at radius 1 is 0.391 bits per heavy atom. The number of ether oxygens (including phenoxy) is 4. The summed E-state index contributed by atoms with van der Waals surface area (Å²) in [5, 5.41) is 73.5. The fourth-order valence-electron chi connectivity index (χ4n) is 8.37. The molecule has 0 rings (SSSR count). The van der Waals surface area contributed by atoms with E-state index in [0.29, 0.717) is 25.7 Å². The van der Waals surface area contributed by atoms with Crippen LogP contribution in [0.15, 0.2) is 0 Å². The Kier molecular flexibility index (Phi) is 48.6. The molecule has 0 aromatic heterocycles. The van der Waals surface area contributed by atoms with Gasteiger partial charge in [0.15, 0.2) is 6.04 Å². The molecule has 0 aliphatic heterocycles. The minimum absolute atomic E-state index is 0.0260. The Hall–Kier alpha value is -5.87. The molecule has 7 amide bonds. The first kappa shape index (κ1) is 81.1. The maximum Gasteiger partial charge on any atom is 0.328 e. The molecule has 0 heterocycles. The predicted molar refractivity (Wildman–Crippen MR) is 321 cm³/mol. The third-order valence-electron chi connectivity index (χ3n) is 13.3. The number of rotatable bonds is 58. The summed E-state index contributed by atoms with van der Waals surface area (Å²) in [5.74, 6) is -10.1. The van der Waals surface area contributed by atoms with Crippen molar-refractivity contribution in [2.75, 3.05) is 79.5 Å². The largest absolute Gasteiger partial charge is 0.481 e. The molecule has 0 aliphatic carbocycles. The van der Waals surface area contributed by atoms with Crippen molar-refractivity contribution in [1.29, 1.82) is 0 Å². The Labute approximate surface area is 522 Å². The van der Waals surface area contributed by atoms with Crippen molar-refractivity contribution in [3.05, 3.63) is 0 Å². The molecule has 0 saturated carbocycles. The second-order valence-electron chi connectivity index (χ2n) is 20.8. The molecule has 0 radical (unpaired) electrons. The number of likely N-dealkylation sites (N-methyl/N-ethyl adjacent to an activating group) is 1. The van der Waals surface area contributed by atoms with E-state index in [1.165, 1.54) is 32.6 Å². The van der Waals surface area contributed by atoms with Gasteiger partial charge in [0.05, 0.1) is 51.8 Å². The molecule has 0 aromatic rings. The van der Waals surface area contributed by atoms with E-state index in [-0.39, 0.29) is 117 Å². The number of amides is 7. The fourth-order valence-corrected chi connectivity index (χ4v) is 8.90. The number of aliphatic hydroxyl groups is 1. The van der Waals surface area contributed by atoms with Crippen molar-refractivity contribution in [3.63, 3.8) is 0 Å². The van der Waals surface area contributed by atoms with Gasteiger partial charge in [0.25, 0.3) is 0 Å². The number of carbonyl (C=O) groups excluding carboxylic acids is 7. The number of hydrogen-bond acceptors (Lipinski definition) is 18. The van der Waals surface area contributed by atoms with E-state index in [9.17, 15) is 83.1 Å². The maximum atomic E-state index is 12.6. The number of unbranched alkanes of at least 4 members (excludes halogenated alkanes) is 14. The van der Waals surface area contributed by atoms with E-state index >= 15 is 0 Å². The zero-order valence-corrected chi connectivity index (χ0v) is 52.6. The van der Waals surface area contributed by atoms with Gasteiger partial charge < -0.3 is 86.8 Å². The third kappa shape index (κ3) is 46.9. The van der Waals surface area contributed by atoms with Crippen LogP contribution in [-0.2, 0) is 76.5 Å². The molecule has 0 unspecified atom stereocenters. The molecule has 0 bridgehead atoms. The van der Waals surface area contributed by atoms with Crippen molar-refractivity contribution >= 4 is 94.1 Å². The Balaban J connectivity index is 4.09. The van der Waals surface area contributed by atoms with Crippen LogP contribution in [-0.4, -0.2) is 221 Å². The molecule has 31 heteroatoms. The van der Waals surface area contributed by atoms with Crippen molar-refractivity contribution in [3.8, 4) is 0 Å². The molecule has 87 heavy (non-hydrogen) atoms. The van der Waals surface area contributed by atoms with Crippen LogP contribution in [0.3, 0.4) is 0 Å². The van der Waals surface area contributed by atoms with Crippen molar-refractivity contribution in [2.45, 2.75) is 204 Å². The van der Waals surface area contributed by atoms with Crippen LogP contribution in [0.5, 0.6) is 0 Å². The number of carbonyl (C=O) groups is 12. The molecule has 30 nitrogen and oxygen atoms in total. The van der Waals surface area contributed by atoms with Gasteiger partial charge in [-0.05, 0) is 65.3 Å². The second kappa shape index (κ2) is 52.1. The zero-order valence-electron chi connectivity index (χ0n) is 50.5. The van der Waals surface area contributed by atoms with Gasteiger partial charge in [-0.15, -0.1) is 0 Å². The summed E-state index contributed by atoms with van der Waals surface area (Å²) in [4.78, 5) is 144. The Bertz CT molecular complexity index is 2060. The number of aliphatic carboxylic acids is 5. The number of nitrogens with zero attached hydrogens (tertiary/aromatic N) is 1. The number of hydrogen-bond donors (Lipinski definition) is 13. The van der Waals surface area contributed by atoms with Gasteiger partial charge in [-0.25, -0.2) is 22.3 Å². The Morgan fingerprint density at radius 3 is 1.17 bits per heavy atom. The van der Waals surface area contributed by atoms with Gasteiger partial charge >= 0.3 is 29.8 Å². The summed E-state index contributed by atoms with van der Waals surface area (Å²) in [5.41, 5.74) is 0. The average molecular weight is 1360 g/mol. The van der Waals surface area contributed by atoms with E-state index in [1.807, 2.05) is 22.9 Å². The zero-order chi connectivity index (χ0) is 65.2. The molecular formula is C56H97IN8O22. The van der Waals surface area contributed by atoms with Crippen LogP contribution in [0.4, 0.5) is 0 Å². The molecule has 0 spiro atoms. The van der Waals surface area contributed by atoms with Crippen LogP contribution in [0.25, 0.3) is 0 Å². The molecule has 6 atom stereocenters. The molecule has 0 aliphatic rings. The Morgan fingerprint density at radius 2 is 0.759 bits per heavy atom. The predicted octanol–water partition coefficient (Wildman–Crippen LogP) is 1.55. The molecule has 0 fully saturated rings. The summed E-state index contributed by atoms with van der Waals surface area (Å²) in [6.07, 6.45) is 13.1. The first-order chi connectivity index (χ1) is 41.4. The van der Waals surface area contributed by atoms with Gasteiger partial charge in [0.1, 0.15) is 31.3 Å². The highest BCUT2D eigenvalue weighted by atomic mass is 127. The minimum atomic E-state index is -1.47. The first-order valence-corrected chi connectivity index (χ1v) is 30.9. The lowest BCUT2D eigenvalue weighted by Crippen LogP contribution is -2.52. The minimum Gasteiger partial charge on any atom is -0.481 e. The number of halogens is 1. The summed E-state index contributed by atoms with van der Waals surface area (Å²) in [6, 6.07) is -6.30. The summed E-state index contributed by atoms with van der Waals surface area (Å²) in [7, 11) is 1.63. The third-order valence-corrected chi connectivity index (χ3v) is 13.9. The SMILES string of the molecule is C[C@@H](O)[C@H](NC(=O)[C@H](CCCCNC(=O)CC[C@H](NC(=O)COCCOCCNC(=O)COCCOCCNC(=O)CC[C@H](NC(=O)CC[C@H](NC(=O)CCCCCCCCCCCCCCCCC(=O)O)C(=O)O)C(=O)O)C(=O)O)N(C)I)C(=O)O. The van der Waals surface area contributed by atoms with Crippen LogP contribution in [0.2, 0.25) is 0 Å². The van der Waals surface area contributed by atoms with Gasteiger partial charge in [0.2, 0.25) is 41.4 Å². The fraction of sp³-hybridized carbons (Fsp3) is 0.786. The van der Waals surface area contributed by atoms with Gasteiger partial charge in [0, 0.05) is 74.6 Å². The molecule has 0 saturated heterocycles. The number of aliphatic hydroxyl groups excluding tert-OH is 1. The van der Waals surface area contributed by atoms with E-state index in [1.54, 1.807) is 10.2 Å². The average Bonchev–Trinajstić information content (AvgIpc) is 3.66. The smallest absolute Gasteiger partial charge is 0.328 e. The quantitative estimate of drug-likeness (QED) is 0.0233. The monoisotopic (exact) mass is 1360 g/mol. The normalized spacial score (nSPS) is 13.2. The molecule has 0 aromatic carbocycles. The number of nitrogens with one attached hydrogen (secondary N) is 7. The van der Waals surface area contributed by atoms with E-state index in [2.05, 4.69) is 37.2 Å². The van der Waals surface area contributed by atoms with Crippen molar-refractivity contribution in [1.82, 2.24) is 40.3 Å². The van der Waals surface area contributed by atoms with Crippen LogP contribution in [0.1, 0.15) is 167 Å². The standard InChI is InChI=1S/C56H97IN8O22/c1-39(66)51(56(82)83)64-52(75)43(65(2)57)19-17-18-28-58-44(67)25-23-42(55(80)81)63-49(72)38-87-36-34-85-32-30-60-48(71)37-86-35-33-84-31-29-59-45(68)26-22-40(53(76)77)62-47(70)27-24-41(54(78)79)61-46(69)20-15-13-11-9-7-5-3-4-6-8-10-12-14-16-21-50(73)74/h39-43,51,66H,3-38H2,1-2H3,(H,58,67)(H,59,68)(H,60,71)(H,61,69)(H,62,70)(H,63,72)(H,64,75)(H,73,74)(H,76,77)(H,78,79)(H,80,81)(H,82,83)/t39-,40+,41+,42+,43+,51+/m1/s1. The van der Waals surface area contributed by atoms with Gasteiger partial charge in [-0.2, -0.15) is 0 Å². The lowest BCUT2D eigenvalue weighted by Gasteiger charge is -2.25. The topological polar surface area (TPSA) is 451 Å². The highest BCUT2D eigenvalue weighted by Crippen LogP contribution is 2.15. The van der Waals surface area contributed by atoms with E-state index in [0.717, 1.165) is 57.8 Å². The van der Waals surface area contributed by atoms with Crippen molar-refractivity contribution in [2.24, 2.45) is 0 Å². The van der Waals surface area contributed by atoms with Crippen molar-refractivity contribution < 1.29 is 107 Å². The summed E-state index contributed by atoms with van der Waals surface area (Å²) >= 11 is 1.89. The van der Waals surface area contributed by atoms with Crippen LogP contribution >= 0.6 is 22.9 Å². The molecule has 13 N–H and O–H groups in total. The van der Waals surface area contributed by atoms with Gasteiger partial charge in [-0.3, -0.25) is 38.4 Å². The summed E-state index contributed by atoms with van der Waals surface area (Å²) < 4.78 is 22.8.